The predicted molar refractivity (Wildman–Crippen MR) is 44.9 cm³/mol. The maximum atomic E-state index is 9.74. The van der Waals surface area contributed by atoms with Crippen molar-refractivity contribution < 1.29 is 4.79 Å². The van der Waals surface area contributed by atoms with Crippen molar-refractivity contribution in [2.75, 3.05) is 6.54 Å². The van der Waals surface area contributed by atoms with Crippen LogP contribution in [0.25, 0.3) is 0 Å². The first-order valence-electron chi connectivity index (χ1n) is 4.05. The topological polar surface area (TPSA) is 43.1 Å². The van der Waals surface area contributed by atoms with Crippen molar-refractivity contribution in [1.29, 1.82) is 0 Å². The minimum absolute atomic E-state index is 0.694. The molecule has 0 aliphatic carbocycles. The van der Waals surface area contributed by atoms with E-state index in [9.17, 15) is 4.79 Å². The average Bonchev–Trinajstić information content (AvgIpc) is 2.02. The molecule has 0 unspecified atom stereocenters. The van der Waals surface area contributed by atoms with Crippen molar-refractivity contribution in [3.05, 3.63) is 0 Å². The first-order chi connectivity index (χ1) is 4.91. The van der Waals surface area contributed by atoms with Gasteiger partial charge in [-0.05, 0) is 19.4 Å². The molecular formula is C8H19NO. The largest absolute Gasteiger partial charge is 0.330 e. The van der Waals surface area contributed by atoms with E-state index in [1.165, 1.54) is 0 Å². The molecule has 0 aliphatic heterocycles. The van der Waals surface area contributed by atoms with E-state index in [1.54, 1.807) is 0 Å². The van der Waals surface area contributed by atoms with E-state index in [0.717, 1.165) is 32.1 Å². The van der Waals surface area contributed by atoms with Gasteiger partial charge in [0.2, 0.25) is 0 Å². The van der Waals surface area contributed by atoms with E-state index in [1.807, 2.05) is 13.8 Å². The third-order valence-electron chi connectivity index (χ3n) is 1.03. The standard InChI is InChI=1S/C6H13NO.C2H6/c7-5-3-1-2-4-6-8;1-2/h6H,1-5,7H2;1-2H3. The lowest BCUT2D eigenvalue weighted by Gasteiger charge is -1.90. The second-order valence-corrected chi connectivity index (χ2v) is 1.80. The van der Waals surface area contributed by atoms with E-state index in [-0.39, 0.29) is 0 Å². The zero-order valence-electron chi connectivity index (χ0n) is 7.10. The van der Waals surface area contributed by atoms with Crippen LogP contribution in [0.4, 0.5) is 0 Å². The molecule has 2 heteroatoms. The molecule has 0 aromatic heterocycles. The summed E-state index contributed by atoms with van der Waals surface area (Å²) in [6.07, 6.45) is 4.79. The lowest BCUT2D eigenvalue weighted by molar-refractivity contribution is -0.107. The van der Waals surface area contributed by atoms with Crippen LogP contribution in [-0.4, -0.2) is 12.8 Å². The first kappa shape index (κ1) is 12.3. The van der Waals surface area contributed by atoms with Crippen LogP contribution in [0.1, 0.15) is 39.5 Å². The smallest absolute Gasteiger partial charge is 0.119 e. The highest BCUT2D eigenvalue weighted by molar-refractivity contribution is 5.48. The molecule has 0 radical (unpaired) electrons. The predicted octanol–water partition coefficient (Wildman–Crippen LogP) is 1.73. The molecule has 0 spiro atoms. The normalized spacial score (nSPS) is 7.90. The third kappa shape index (κ3) is 15.6. The Morgan fingerprint density at radius 2 is 1.80 bits per heavy atom. The minimum Gasteiger partial charge on any atom is -0.330 e. The number of unbranched alkanes of at least 4 members (excludes halogenated alkanes) is 3. The molecule has 0 aromatic rings. The van der Waals surface area contributed by atoms with E-state index in [0.29, 0.717) is 6.42 Å². The van der Waals surface area contributed by atoms with Gasteiger partial charge in [-0.15, -0.1) is 0 Å². The molecule has 0 rings (SSSR count). The zero-order valence-corrected chi connectivity index (χ0v) is 7.10. The summed E-state index contributed by atoms with van der Waals surface area (Å²) in [6.45, 7) is 4.75. The summed E-state index contributed by atoms with van der Waals surface area (Å²) >= 11 is 0. The number of carbonyl (C=O) groups is 1. The SMILES string of the molecule is CC.NCCCCCC=O. The van der Waals surface area contributed by atoms with E-state index in [2.05, 4.69) is 0 Å². The molecule has 0 saturated carbocycles. The second-order valence-electron chi connectivity index (χ2n) is 1.80. The fourth-order valence-electron chi connectivity index (χ4n) is 0.549. The fraction of sp³-hybridized carbons (Fsp3) is 0.875. The summed E-state index contributed by atoms with van der Waals surface area (Å²) in [5, 5.41) is 0. The van der Waals surface area contributed by atoms with Crippen LogP contribution in [0.15, 0.2) is 0 Å². The average molecular weight is 145 g/mol. The van der Waals surface area contributed by atoms with E-state index >= 15 is 0 Å². The van der Waals surface area contributed by atoms with Crippen molar-refractivity contribution in [2.24, 2.45) is 5.73 Å². The summed E-state index contributed by atoms with van der Waals surface area (Å²) in [5.41, 5.74) is 5.22. The van der Waals surface area contributed by atoms with Gasteiger partial charge < -0.3 is 10.5 Å². The number of rotatable bonds is 5. The van der Waals surface area contributed by atoms with Gasteiger partial charge in [0.15, 0.2) is 0 Å². The van der Waals surface area contributed by atoms with Crippen molar-refractivity contribution in [3.8, 4) is 0 Å². The number of carbonyl (C=O) groups excluding carboxylic acids is 1. The van der Waals surface area contributed by atoms with Gasteiger partial charge in [0.05, 0.1) is 0 Å². The molecule has 2 nitrogen and oxygen atoms in total. The van der Waals surface area contributed by atoms with Gasteiger partial charge in [-0.25, -0.2) is 0 Å². The molecular weight excluding hydrogens is 126 g/mol. The van der Waals surface area contributed by atoms with Crippen LogP contribution in [0.5, 0.6) is 0 Å². The Labute approximate surface area is 63.8 Å². The van der Waals surface area contributed by atoms with Crippen LogP contribution in [0.3, 0.4) is 0 Å². The Morgan fingerprint density at radius 1 is 1.20 bits per heavy atom. The Bertz CT molecular complexity index is 55.2. The van der Waals surface area contributed by atoms with Gasteiger partial charge in [-0.1, -0.05) is 20.3 Å². The van der Waals surface area contributed by atoms with Crippen LogP contribution in [0.2, 0.25) is 0 Å². The summed E-state index contributed by atoms with van der Waals surface area (Å²) in [6, 6.07) is 0. The molecule has 0 amide bonds. The highest BCUT2D eigenvalue weighted by Crippen LogP contribution is 1.94. The second kappa shape index (κ2) is 15.9. The molecule has 0 atom stereocenters. The Morgan fingerprint density at radius 3 is 2.20 bits per heavy atom. The molecule has 0 heterocycles. The monoisotopic (exact) mass is 145 g/mol. The number of aldehydes is 1. The summed E-state index contributed by atoms with van der Waals surface area (Å²) < 4.78 is 0. The third-order valence-corrected chi connectivity index (χ3v) is 1.03. The van der Waals surface area contributed by atoms with Crippen LogP contribution >= 0.6 is 0 Å². The number of hydrogen-bond acceptors (Lipinski definition) is 2. The van der Waals surface area contributed by atoms with Crippen LogP contribution in [-0.2, 0) is 4.79 Å². The molecule has 62 valence electrons. The van der Waals surface area contributed by atoms with E-state index in [4.69, 9.17) is 5.73 Å². The van der Waals surface area contributed by atoms with Crippen molar-refractivity contribution in [1.82, 2.24) is 0 Å². The Balaban J connectivity index is 0. The summed E-state index contributed by atoms with van der Waals surface area (Å²) in [7, 11) is 0. The highest BCUT2D eigenvalue weighted by Gasteiger charge is 1.83. The molecule has 0 bridgehead atoms. The van der Waals surface area contributed by atoms with Crippen LogP contribution in [0, 0.1) is 0 Å². The maximum absolute atomic E-state index is 9.74. The van der Waals surface area contributed by atoms with Gasteiger partial charge in [0.25, 0.3) is 0 Å². The van der Waals surface area contributed by atoms with Crippen molar-refractivity contribution in [2.45, 2.75) is 39.5 Å². The summed E-state index contributed by atoms with van der Waals surface area (Å²) in [4.78, 5) is 9.74. The Kier molecular flexibility index (Phi) is 19.5. The minimum atomic E-state index is 0.694. The van der Waals surface area contributed by atoms with Gasteiger partial charge >= 0.3 is 0 Å². The molecule has 0 saturated heterocycles. The zero-order chi connectivity index (χ0) is 8.24. The summed E-state index contributed by atoms with van der Waals surface area (Å²) in [5.74, 6) is 0. The quantitative estimate of drug-likeness (QED) is 0.473. The lowest BCUT2D eigenvalue weighted by atomic mass is 10.2. The van der Waals surface area contributed by atoms with Crippen LogP contribution < -0.4 is 5.73 Å². The molecule has 10 heavy (non-hydrogen) atoms. The van der Waals surface area contributed by atoms with Crippen molar-refractivity contribution in [3.63, 3.8) is 0 Å². The van der Waals surface area contributed by atoms with Gasteiger partial charge in [0, 0.05) is 6.42 Å². The molecule has 0 aliphatic rings. The van der Waals surface area contributed by atoms with Crippen molar-refractivity contribution >= 4 is 6.29 Å². The number of nitrogens with two attached hydrogens (primary N) is 1. The molecule has 0 fully saturated rings. The van der Waals surface area contributed by atoms with Gasteiger partial charge in [0.1, 0.15) is 6.29 Å². The highest BCUT2D eigenvalue weighted by atomic mass is 16.1. The fourth-order valence-corrected chi connectivity index (χ4v) is 0.549. The molecule has 0 aromatic carbocycles. The maximum Gasteiger partial charge on any atom is 0.119 e. The van der Waals surface area contributed by atoms with Gasteiger partial charge in [-0.2, -0.15) is 0 Å². The Hall–Kier alpha value is -0.370. The van der Waals surface area contributed by atoms with Gasteiger partial charge in [-0.3, -0.25) is 0 Å². The van der Waals surface area contributed by atoms with E-state index < -0.39 is 0 Å². The number of hydrogen-bond donors (Lipinski definition) is 1. The first-order valence-corrected chi connectivity index (χ1v) is 4.05. The molecule has 2 N–H and O–H groups in total. The lowest BCUT2D eigenvalue weighted by Crippen LogP contribution is -1.97.